The van der Waals surface area contributed by atoms with Gasteiger partial charge in [-0.15, -0.1) is 0 Å². The highest BCUT2D eigenvalue weighted by Gasteiger charge is 2.33. The summed E-state index contributed by atoms with van der Waals surface area (Å²) >= 11 is 0.966. The van der Waals surface area contributed by atoms with Crippen LogP contribution >= 0.6 is 11.5 Å². The summed E-state index contributed by atoms with van der Waals surface area (Å²) in [6.07, 6.45) is -0.817. The number of anilines is 3. The maximum absolute atomic E-state index is 13.0. The van der Waals surface area contributed by atoms with Gasteiger partial charge in [-0.1, -0.05) is 0 Å². The predicted molar refractivity (Wildman–Crippen MR) is 141 cm³/mol. The molecule has 0 aromatic carbocycles. The van der Waals surface area contributed by atoms with E-state index >= 15 is 0 Å². The molecule has 3 aromatic heterocycles. The Morgan fingerprint density at radius 1 is 1.05 bits per heavy atom. The van der Waals surface area contributed by atoms with E-state index in [1.807, 2.05) is 20.8 Å². The molecule has 4 rings (SSSR count). The number of rotatable bonds is 6. The van der Waals surface area contributed by atoms with Crippen LogP contribution in [0.15, 0.2) is 30.7 Å². The largest absolute Gasteiger partial charge is 0.474 e. The third-order valence-corrected chi connectivity index (χ3v) is 6.50. The number of hydrogen-bond donors (Lipinski definition) is 2. The molecule has 3 aromatic rings. The summed E-state index contributed by atoms with van der Waals surface area (Å²) in [5, 5.41) is 5.84. The van der Waals surface area contributed by atoms with Crippen molar-refractivity contribution in [3.63, 3.8) is 0 Å². The fourth-order valence-electron chi connectivity index (χ4n) is 3.75. The number of carbonyl (C=O) groups excluding carboxylic acids is 2. The van der Waals surface area contributed by atoms with Crippen LogP contribution in [0.5, 0.6) is 5.88 Å². The van der Waals surface area contributed by atoms with Gasteiger partial charge in [0.2, 0.25) is 5.88 Å². The van der Waals surface area contributed by atoms with E-state index in [4.69, 9.17) is 9.47 Å². The first-order valence-electron chi connectivity index (χ1n) is 12.3. The van der Waals surface area contributed by atoms with Crippen molar-refractivity contribution in [2.75, 3.05) is 23.7 Å². The Balaban J connectivity index is 1.32. The van der Waals surface area contributed by atoms with Crippen molar-refractivity contribution in [1.29, 1.82) is 0 Å². The number of nitrogens with one attached hydrogen (secondary N) is 2. The lowest BCUT2D eigenvalue weighted by Crippen LogP contribution is -2.44. The van der Waals surface area contributed by atoms with Crippen LogP contribution in [0.2, 0.25) is 0 Å². The summed E-state index contributed by atoms with van der Waals surface area (Å²) in [7, 11) is 0. The third-order valence-electron chi connectivity index (χ3n) is 5.65. The number of piperidine rings is 1. The van der Waals surface area contributed by atoms with Crippen molar-refractivity contribution in [3.8, 4) is 5.88 Å². The van der Waals surface area contributed by atoms with Gasteiger partial charge in [-0.25, -0.2) is 19.7 Å². The number of hydrogen-bond acceptors (Lipinski definition) is 10. The number of halogens is 3. The topological polar surface area (TPSA) is 131 Å². The first-order chi connectivity index (χ1) is 18.8. The molecule has 0 radical (unpaired) electrons. The number of carbonyl (C=O) groups is 2. The zero-order valence-corrected chi connectivity index (χ0v) is 23.0. The molecule has 11 nitrogen and oxygen atoms in total. The first kappa shape index (κ1) is 29.0. The third kappa shape index (κ3) is 7.55. The number of alkyl halides is 3. The average molecular weight is 580 g/mol. The van der Waals surface area contributed by atoms with Crippen molar-refractivity contribution in [2.45, 2.75) is 58.4 Å². The van der Waals surface area contributed by atoms with Gasteiger partial charge >= 0.3 is 12.3 Å². The molecule has 214 valence electrons. The Labute approximate surface area is 232 Å². The van der Waals surface area contributed by atoms with Crippen LogP contribution in [0.3, 0.4) is 0 Å². The summed E-state index contributed by atoms with van der Waals surface area (Å²) in [6, 6.07) is 3.27. The van der Waals surface area contributed by atoms with Crippen molar-refractivity contribution in [2.24, 2.45) is 0 Å². The van der Waals surface area contributed by atoms with Crippen LogP contribution in [0, 0.1) is 6.92 Å². The van der Waals surface area contributed by atoms with Gasteiger partial charge in [0.25, 0.3) is 5.91 Å². The molecule has 2 amide bonds. The number of amides is 2. The molecule has 1 fully saturated rings. The first-order valence-corrected chi connectivity index (χ1v) is 13.1. The molecule has 0 saturated carbocycles. The van der Waals surface area contributed by atoms with E-state index in [-0.39, 0.29) is 23.6 Å². The maximum Gasteiger partial charge on any atom is 0.434 e. The summed E-state index contributed by atoms with van der Waals surface area (Å²) in [4.78, 5) is 38.2. The number of nitrogens with zero attached hydrogens (tertiary/aromatic N) is 5. The van der Waals surface area contributed by atoms with Crippen LogP contribution in [-0.4, -0.2) is 61.0 Å². The molecular formula is C25H28F3N7O4S. The van der Waals surface area contributed by atoms with Crippen LogP contribution < -0.4 is 15.4 Å². The lowest BCUT2D eigenvalue weighted by Gasteiger charge is -2.33. The monoisotopic (exact) mass is 579 g/mol. The van der Waals surface area contributed by atoms with Crippen LogP contribution in [0.25, 0.3) is 0 Å². The van der Waals surface area contributed by atoms with E-state index in [9.17, 15) is 22.8 Å². The van der Waals surface area contributed by atoms with Crippen molar-refractivity contribution in [1.82, 2.24) is 24.2 Å². The number of ether oxygens (including phenoxy) is 2. The van der Waals surface area contributed by atoms with E-state index in [2.05, 4.69) is 30.0 Å². The number of aromatic nitrogens is 4. The Bertz CT molecular complexity index is 1330. The van der Waals surface area contributed by atoms with Crippen LogP contribution in [0.1, 0.15) is 55.4 Å². The van der Waals surface area contributed by atoms with Gasteiger partial charge in [-0.2, -0.15) is 17.5 Å². The summed E-state index contributed by atoms with van der Waals surface area (Å²) in [5.74, 6) is -0.0743. The zero-order valence-electron chi connectivity index (χ0n) is 22.2. The molecule has 0 unspecified atom stereocenters. The molecule has 1 aliphatic rings. The van der Waals surface area contributed by atoms with Gasteiger partial charge < -0.3 is 25.0 Å². The summed E-state index contributed by atoms with van der Waals surface area (Å²) in [6.45, 7) is 8.13. The highest BCUT2D eigenvalue weighted by atomic mass is 32.1. The van der Waals surface area contributed by atoms with E-state index < -0.39 is 23.4 Å². The number of likely N-dealkylation sites (tertiary alicyclic amines) is 1. The molecular weight excluding hydrogens is 551 g/mol. The van der Waals surface area contributed by atoms with Gasteiger partial charge in [0, 0.05) is 32.0 Å². The summed E-state index contributed by atoms with van der Waals surface area (Å²) in [5.41, 5.74) is -0.631. The quantitative estimate of drug-likeness (QED) is 0.392. The maximum atomic E-state index is 13.0. The van der Waals surface area contributed by atoms with E-state index in [0.29, 0.717) is 54.4 Å². The predicted octanol–water partition coefficient (Wildman–Crippen LogP) is 5.43. The van der Waals surface area contributed by atoms with Gasteiger partial charge in [0.15, 0.2) is 5.69 Å². The highest BCUT2D eigenvalue weighted by molar-refractivity contribution is 7.10. The standard InChI is InChI=1S/C25H28F3N7O4S/c1-14-20(22(40-34-14)33-18-13-29-17(12-30-18)25(26,27)28)21(36)32-15-5-6-19(31-11-15)38-16-7-9-35(10-8-16)23(37)39-24(2,3)4/h5-6,11-13,16H,7-10H2,1-4H3,(H,30,33)(H,32,36). The highest BCUT2D eigenvalue weighted by Crippen LogP contribution is 2.30. The van der Waals surface area contributed by atoms with E-state index in [0.717, 1.165) is 17.7 Å². The molecule has 1 aliphatic heterocycles. The minimum absolute atomic E-state index is 0.0331. The molecule has 2 N–H and O–H groups in total. The Morgan fingerprint density at radius 3 is 2.35 bits per heavy atom. The lowest BCUT2D eigenvalue weighted by molar-refractivity contribution is -0.141. The Kier molecular flexibility index (Phi) is 8.42. The Morgan fingerprint density at radius 2 is 1.77 bits per heavy atom. The normalized spacial score (nSPS) is 14.5. The smallest absolute Gasteiger partial charge is 0.434 e. The second kappa shape index (κ2) is 11.6. The molecule has 40 heavy (non-hydrogen) atoms. The fourth-order valence-corrected chi connectivity index (χ4v) is 4.55. The summed E-state index contributed by atoms with van der Waals surface area (Å²) < 4.78 is 53.7. The Hall–Kier alpha value is -4.01. The minimum Gasteiger partial charge on any atom is -0.474 e. The van der Waals surface area contributed by atoms with Crippen molar-refractivity contribution >= 4 is 40.0 Å². The van der Waals surface area contributed by atoms with Gasteiger partial charge in [0.05, 0.1) is 35.5 Å². The zero-order chi connectivity index (χ0) is 29.1. The lowest BCUT2D eigenvalue weighted by atomic mass is 10.1. The van der Waals surface area contributed by atoms with Crippen LogP contribution in [0.4, 0.5) is 34.5 Å². The fraction of sp³-hybridized carbons (Fsp3) is 0.440. The van der Waals surface area contributed by atoms with Gasteiger partial charge in [-0.05, 0) is 45.3 Å². The molecule has 0 aliphatic carbocycles. The molecule has 15 heteroatoms. The van der Waals surface area contributed by atoms with E-state index in [1.165, 1.54) is 6.20 Å². The van der Waals surface area contributed by atoms with Gasteiger partial charge in [0.1, 0.15) is 22.5 Å². The molecule has 0 atom stereocenters. The van der Waals surface area contributed by atoms with Crippen molar-refractivity contribution < 1.29 is 32.2 Å². The van der Waals surface area contributed by atoms with E-state index in [1.54, 1.807) is 24.0 Å². The second-order valence-corrected chi connectivity index (χ2v) is 10.8. The number of pyridine rings is 1. The molecule has 0 bridgehead atoms. The van der Waals surface area contributed by atoms with Crippen LogP contribution in [-0.2, 0) is 10.9 Å². The van der Waals surface area contributed by atoms with Crippen molar-refractivity contribution in [3.05, 3.63) is 47.7 Å². The average Bonchev–Trinajstić information content (AvgIpc) is 3.24. The second-order valence-electron chi connectivity index (χ2n) is 10.0. The molecule has 4 heterocycles. The molecule has 0 spiro atoms. The SMILES string of the molecule is Cc1nsc(Nc2cnc(C(F)(F)F)cn2)c1C(=O)Nc1ccc(OC2CCN(C(=O)OC(C)(C)C)CC2)nc1. The molecule has 1 saturated heterocycles. The number of aryl methyl sites for hydroxylation is 1. The minimum atomic E-state index is -4.61. The van der Waals surface area contributed by atoms with Gasteiger partial charge in [-0.3, -0.25) is 4.79 Å².